The topological polar surface area (TPSA) is 47.3 Å². The van der Waals surface area contributed by atoms with Crippen LogP contribution in [0.3, 0.4) is 0 Å². The van der Waals surface area contributed by atoms with E-state index in [9.17, 15) is 0 Å². The zero-order valence-electron chi connectivity index (χ0n) is 13.0. The molecule has 2 aromatic carbocycles. The Labute approximate surface area is 127 Å². The second kappa shape index (κ2) is 6.85. The molecule has 0 saturated heterocycles. The number of nitrogens with two attached hydrogens (primary N) is 1. The van der Waals surface area contributed by atoms with Crippen LogP contribution in [-0.4, -0.2) is 12.2 Å². The predicted octanol–water partition coefficient (Wildman–Crippen LogP) is 3.67. The van der Waals surface area contributed by atoms with Crippen molar-refractivity contribution in [3.63, 3.8) is 0 Å². The molecule has 1 atom stereocenters. The summed E-state index contributed by atoms with van der Waals surface area (Å²) in [5, 5.41) is 0. The van der Waals surface area contributed by atoms with Gasteiger partial charge in [-0.15, -0.1) is 0 Å². The van der Waals surface area contributed by atoms with Gasteiger partial charge in [-0.3, -0.25) is 11.3 Å². The highest BCUT2D eigenvalue weighted by Gasteiger charge is 2.16. The molecule has 3 N–H and O–H groups in total. The molecule has 0 spiro atoms. The van der Waals surface area contributed by atoms with Gasteiger partial charge in [-0.25, -0.2) is 0 Å². The summed E-state index contributed by atoms with van der Waals surface area (Å²) in [4.78, 5) is 0. The largest absolute Gasteiger partial charge is 0.374 e. The van der Waals surface area contributed by atoms with Gasteiger partial charge in [0.2, 0.25) is 0 Å². The molecule has 2 aromatic rings. The van der Waals surface area contributed by atoms with Crippen LogP contribution in [0.15, 0.2) is 54.6 Å². The molecule has 0 aliphatic carbocycles. The molecule has 0 amide bonds. The van der Waals surface area contributed by atoms with Crippen molar-refractivity contribution >= 4 is 0 Å². The zero-order chi connectivity index (χ0) is 15.3. The van der Waals surface area contributed by atoms with Gasteiger partial charge in [0.1, 0.15) is 0 Å². The summed E-state index contributed by atoms with van der Waals surface area (Å²) in [7, 11) is 0. The van der Waals surface area contributed by atoms with Gasteiger partial charge in [-0.2, -0.15) is 0 Å². The Kier molecular flexibility index (Phi) is 5.12. The van der Waals surface area contributed by atoms with Crippen LogP contribution in [0.25, 0.3) is 11.1 Å². The number of ether oxygens (including phenoxy) is 1. The molecule has 0 saturated carbocycles. The third-order valence-electron chi connectivity index (χ3n) is 3.30. The van der Waals surface area contributed by atoms with Gasteiger partial charge in [0, 0.05) is 0 Å². The smallest absolute Gasteiger partial charge is 0.0694 e. The van der Waals surface area contributed by atoms with Gasteiger partial charge in [0.15, 0.2) is 0 Å². The lowest BCUT2D eigenvalue weighted by Crippen LogP contribution is -2.34. The molecule has 0 radical (unpaired) electrons. The zero-order valence-corrected chi connectivity index (χ0v) is 13.0. The Morgan fingerprint density at radius 2 is 1.52 bits per heavy atom. The van der Waals surface area contributed by atoms with Gasteiger partial charge in [-0.05, 0) is 37.5 Å². The van der Waals surface area contributed by atoms with Crippen LogP contribution in [0.5, 0.6) is 0 Å². The van der Waals surface area contributed by atoms with Crippen molar-refractivity contribution in [3.8, 4) is 11.1 Å². The lowest BCUT2D eigenvalue weighted by atomic mass is 10.0. The van der Waals surface area contributed by atoms with Crippen molar-refractivity contribution in [2.45, 2.75) is 32.4 Å². The number of benzene rings is 2. The number of nitrogens with one attached hydrogen (secondary N) is 1. The Morgan fingerprint density at radius 3 is 2.05 bits per heavy atom. The lowest BCUT2D eigenvalue weighted by molar-refractivity contribution is -0.0148. The van der Waals surface area contributed by atoms with Crippen molar-refractivity contribution < 1.29 is 4.74 Å². The normalized spacial score (nSPS) is 13.1. The molecule has 0 fully saturated rings. The first-order chi connectivity index (χ1) is 9.99. The number of hydrogen-bond acceptors (Lipinski definition) is 3. The quantitative estimate of drug-likeness (QED) is 0.650. The van der Waals surface area contributed by atoms with Crippen LogP contribution in [0.2, 0.25) is 0 Å². The summed E-state index contributed by atoms with van der Waals surface area (Å²) >= 11 is 0. The van der Waals surface area contributed by atoms with Crippen LogP contribution in [0, 0.1) is 0 Å². The van der Waals surface area contributed by atoms with Crippen molar-refractivity contribution in [2.75, 3.05) is 6.61 Å². The minimum absolute atomic E-state index is 0.00551. The Morgan fingerprint density at radius 1 is 0.952 bits per heavy atom. The highest BCUT2D eigenvalue weighted by atomic mass is 16.5. The molecule has 21 heavy (non-hydrogen) atoms. The number of rotatable bonds is 5. The average molecular weight is 284 g/mol. The highest BCUT2D eigenvalue weighted by molar-refractivity contribution is 5.63. The molecule has 0 aliphatic heterocycles. The first-order valence-corrected chi connectivity index (χ1v) is 7.25. The maximum atomic E-state index is 5.81. The van der Waals surface area contributed by atoms with Crippen LogP contribution in [0.1, 0.15) is 32.4 Å². The summed E-state index contributed by atoms with van der Waals surface area (Å²) in [6, 6.07) is 18.8. The van der Waals surface area contributed by atoms with Crippen LogP contribution in [0.4, 0.5) is 0 Å². The molecular formula is C18H24N2O. The summed E-state index contributed by atoms with van der Waals surface area (Å²) < 4.78 is 5.81. The number of hydrazine groups is 1. The fraction of sp³-hybridized carbons (Fsp3) is 0.333. The van der Waals surface area contributed by atoms with E-state index in [0.29, 0.717) is 6.61 Å². The van der Waals surface area contributed by atoms with E-state index in [-0.39, 0.29) is 11.6 Å². The molecule has 3 nitrogen and oxygen atoms in total. The summed E-state index contributed by atoms with van der Waals surface area (Å²) in [5.74, 6) is 5.65. The van der Waals surface area contributed by atoms with Crippen molar-refractivity contribution in [1.29, 1.82) is 0 Å². The SMILES string of the molecule is CC(C)(C)OCC(NN)c1ccc(-c2ccccc2)cc1. The van der Waals surface area contributed by atoms with Gasteiger partial charge < -0.3 is 4.74 Å². The van der Waals surface area contributed by atoms with E-state index < -0.39 is 0 Å². The fourth-order valence-corrected chi connectivity index (χ4v) is 2.11. The van der Waals surface area contributed by atoms with E-state index in [1.165, 1.54) is 11.1 Å². The summed E-state index contributed by atoms with van der Waals surface area (Å²) in [6.45, 7) is 6.67. The third-order valence-corrected chi connectivity index (χ3v) is 3.30. The molecule has 0 aliphatic rings. The van der Waals surface area contributed by atoms with Gasteiger partial charge in [0.05, 0.1) is 18.2 Å². The maximum Gasteiger partial charge on any atom is 0.0694 e. The monoisotopic (exact) mass is 284 g/mol. The van der Waals surface area contributed by atoms with E-state index in [0.717, 1.165) is 5.56 Å². The average Bonchev–Trinajstić information content (AvgIpc) is 2.48. The molecule has 3 heteroatoms. The molecule has 2 rings (SSSR count). The van der Waals surface area contributed by atoms with E-state index in [2.05, 4.69) is 41.8 Å². The van der Waals surface area contributed by atoms with Crippen molar-refractivity contribution in [3.05, 3.63) is 60.2 Å². The third kappa shape index (κ3) is 4.67. The van der Waals surface area contributed by atoms with Crippen molar-refractivity contribution in [2.24, 2.45) is 5.84 Å². The lowest BCUT2D eigenvalue weighted by Gasteiger charge is -2.24. The van der Waals surface area contributed by atoms with Crippen LogP contribution >= 0.6 is 0 Å². The van der Waals surface area contributed by atoms with E-state index in [1.807, 2.05) is 39.0 Å². The number of hydrogen-bond donors (Lipinski definition) is 2. The van der Waals surface area contributed by atoms with E-state index in [1.54, 1.807) is 0 Å². The van der Waals surface area contributed by atoms with Crippen LogP contribution < -0.4 is 11.3 Å². The predicted molar refractivity (Wildman–Crippen MR) is 87.6 cm³/mol. The van der Waals surface area contributed by atoms with Crippen molar-refractivity contribution in [1.82, 2.24) is 5.43 Å². The van der Waals surface area contributed by atoms with E-state index in [4.69, 9.17) is 10.6 Å². The molecule has 0 heterocycles. The van der Waals surface area contributed by atoms with Gasteiger partial charge in [0.25, 0.3) is 0 Å². The van der Waals surface area contributed by atoms with E-state index >= 15 is 0 Å². The Bertz CT molecular complexity index is 544. The second-order valence-corrected chi connectivity index (χ2v) is 6.13. The van der Waals surface area contributed by atoms with Crippen LogP contribution in [-0.2, 0) is 4.74 Å². The minimum Gasteiger partial charge on any atom is -0.374 e. The first kappa shape index (κ1) is 15.7. The van der Waals surface area contributed by atoms with Gasteiger partial charge >= 0.3 is 0 Å². The standard InChI is InChI=1S/C18H24N2O/c1-18(2,3)21-13-17(20-19)16-11-9-15(10-12-16)14-7-5-4-6-8-14/h4-12,17,20H,13,19H2,1-3H3. The molecule has 0 bridgehead atoms. The van der Waals surface area contributed by atoms with Gasteiger partial charge in [-0.1, -0.05) is 54.6 Å². The fourth-order valence-electron chi connectivity index (χ4n) is 2.11. The summed E-state index contributed by atoms with van der Waals surface area (Å²) in [5.41, 5.74) is 6.20. The minimum atomic E-state index is -0.168. The first-order valence-electron chi connectivity index (χ1n) is 7.25. The Hall–Kier alpha value is -1.68. The maximum absolute atomic E-state index is 5.81. The molecule has 1 unspecified atom stereocenters. The molecule has 0 aromatic heterocycles. The Balaban J connectivity index is 2.10. The highest BCUT2D eigenvalue weighted by Crippen LogP contribution is 2.22. The molecular weight excluding hydrogens is 260 g/mol. The molecule has 112 valence electrons. The summed E-state index contributed by atoms with van der Waals surface area (Å²) in [6.07, 6.45) is 0. The second-order valence-electron chi connectivity index (χ2n) is 6.13.